The molecule has 2 amide bonds. The summed E-state index contributed by atoms with van der Waals surface area (Å²) < 4.78 is 5.32. The number of likely N-dealkylation sites (N-methyl/N-ethyl adjacent to an activating group) is 1. The summed E-state index contributed by atoms with van der Waals surface area (Å²) in [4.78, 5) is 27.2. The molecule has 2 aromatic rings. The van der Waals surface area contributed by atoms with Crippen LogP contribution in [0.2, 0.25) is 0 Å². The molecule has 0 spiro atoms. The van der Waals surface area contributed by atoms with Gasteiger partial charge in [-0.2, -0.15) is 0 Å². The maximum Gasteiger partial charge on any atom is 0.338 e. The summed E-state index contributed by atoms with van der Waals surface area (Å²) in [6, 6.07) is 17.0. The molecular weight excluding hydrogens is 366 g/mol. The van der Waals surface area contributed by atoms with E-state index in [-0.39, 0.29) is 12.6 Å². The Hall–Kier alpha value is -3.12. The van der Waals surface area contributed by atoms with Gasteiger partial charge in [0.15, 0.2) is 0 Å². The van der Waals surface area contributed by atoms with Crippen molar-refractivity contribution in [2.45, 2.75) is 26.4 Å². The van der Waals surface area contributed by atoms with Gasteiger partial charge in [0.25, 0.3) is 0 Å². The number of carbonyl (C=O) groups excluding carboxylic acids is 2. The molecule has 3 rings (SSSR count). The number of urea groups is 1. The third kappa shape index (κ3) is 5.23. The van der Waals surface area contributed by atoms with Crippen molar-refractivity contribution >= 4 is 12.0 Å². The van der Waals surface area contributed by atoms with Gasteiger partial charge >= 0.3 is 12.0 Å². The van der Waals surface area contributed by atoms with Crippen molar-refractivity contribution in [1.82, 2.24) is 15.5 Å². The van der Waals surface area contributed by atoms with Gasteiger partial charge in [0.1, 0.15) is 0 Å². The van der Waals surface area contributed by atoms with Crippen LogP contribution < -0.4 is 10.6 Å². The molecular formula is C23H27N3O3. The average molecular weight is 393 g/mol. The van der Waals surface area contributed by atoms with Crippen LogP contribution in [0.1, 0.15) is 29.7 Å². The molecule has 0 aromatic heterocycles. The largest absolute Gasteiger partial charge is 0.463 e. The summed E-state index contributed by atoms with van der Waals surface area (Å²) in [7, 11) is 1.96. The van der Waals surface area contributed by atoms with Crippen molar-refractivity contribution in [3.8, 4) is 0 Å². The molecule has 0 saturated carbocycles. The first kappa shape index (κ1) is 20.6. The predicted molar refractivity (Wildman–Crippen MR) is 112 cm³/mol. The normalized spacial score (nSPS) is 16.4. The van der Waals surface area contributed by atoms with Crippen molar-refractivity contribution < 1.29 is 14.3 Å². The highest BCUT2D eigenvalue weighted by atomic mass is 16.5. The molecule has 1 heterocycles. The van der Waals surface area contributed by atoms with Crippen molar-refractivity contribution in [2.24, 2.45) is 0 Å². The first-order valence-electron chi connectivity index (χ1n) is 9.74. The van der Waals surface area contributed by atoms with E-state index in [9.17, 15) is 9.59 Å². The standard InChI is InChI=1S/C23H27N3O3/c1-4-29-22(27)20-19(15-26(3)14-17-8-6-5-7-9-17)24-23(28)25-21(20)18-12-10-16(2)11-13-18/h5-13,21H,4,14-15H2,1-3H3,(H2,24,25,28)/t21-/m1/s1. The van der Waals surface area contributed by atoms with Gasteiger partial charge in [0.05, 0.1) is 18.2 Å². The number of ether oxygens (including phenoxy) is 1. The molecule has 1 atom stereocenters. The number of nitrogens with zero attached hydrogens (tertiary/aromatic N) is 1. The van der Waals surface area contributed by atoms with E-state index in [4.69, 9.17) is 4.74 Å². The van der Waals surface area contributed by atoms with Crippen LogP contribution in [0, 0.1) is 6.92 Å². The van der Waals surface area contributed by atoms with Gasteiger partial charge in [-0.25, -0.2) is 9.59 Å². The molecule has 2 N–H and O–H groups in total. The van der Waals surface area contributed by atoms with E-state index >= 15 is 0 Å². The van der Waals surface area contributed by atoms with E-state index in [2.05, 4.69) is 15.5 Å². The van der Waals surface area contributed by atoms with Crippen LogP contribution in [0.4, 0.5) is 4.79 Å². The number of nitrogens with one attached hydrogen (secondary N) is 2. The number of hydrogen-bond acceptors (Lipinski definition) is 4. The van der Waals surface area contributed by atoms with E-state index in [1.54, 1.807) is 6.92 Å². The van der Waals surface area contributed by atoms with Gasteiger partial charge in [-0.1, -0.05) is 60.2 Å². The van der Waals surface area contributed by atoms with Crippen molar-refractivity contribution in [1.29, 1.82) is 0 Å². The van der Waals surface area contributed by atoms with Crippen LogP contribution >= 0.6 is 0 Å². The molecule has 2 aromatic carbocycles. The van der Waals surface area contributed by atoms with Crippen LogP contribution in [0.3, 0.4) is 0 Å². The number of aryl methyl sites for hydroxylation is 1. The smallest absolute Gasteiger partial charge is 0.338 e. The van der Waals surface area contributed by atoms with Gasteiger partial charge in [0.2, 0.25) is 0 Å². The Balaban J connectivity index is 1.93. The number of esters is 1. The Morgan fingerprint density at radius 2 is 1.76 bits per heavy atom. The highest BCUT2D eigenvalue weighted by molar-refractivity contribution is 5.95. The van der Waals surface area contributed by atoms with Gasteiger partial charge < -0.3 is 15.4 Å². The number of amides is 2. The monoisotopic (exact) mass is 393 g/mol. The summed E-state index contributed by atoms with van der Waals surface area (Å²) in [6.07, 6.45) is 0. The minimum Gasteiger partial charge on any atom is -0.463 e. The van der Waals surface area contributed by atoms with Crippen LogP contribution in [0.25, 0.3) is 0 Å². The van der Waals surface area contributed by atoms with Gasteiger partial charge in [-0.3, -0.25) is 4.90 Å². The third-order valence-corrected chi connectivity index (χ3v) is 4.78. The first-order chi connectivity index (χ1) is 14.0. The molecule has 0 radical (unpaired) electrons. The van der Waals surface area contributed by atoms with Crippen molar-refractivity contribution in [3.63, 3.8) is 0 Å². The van der Waals surface area contributed by atoms with E-state index in [0.717, 1.165) is 16.7 Å². The lowest BCUT2D eigenvalue weighted by Gasteiger charge is -2.31. The quantitative estimate of drug-likeness (QED) is 0.708. The number of hydrogen-bond donors (Lipinski definition) is 2. The second kappa shape index (κ2) is 9.39. The fourth-order valence-electron chi connectivity index (χ4n) is 3.42. The van der Waals surface area contributed by atoms with Crippen LogP contribution in [0.5, 0.6) is 0 Å². The lowest BCUT2D eigenvalue weighted by Crippen LogP contribution is -2.48. The summed E-state index contributed by atoms with van der Waals surface area (Å²) in [5.74, 6) is -0.423. The van der Waals surface area contributed by atoms with E-state index < -0.39 is 12.0 Å². The van der Waals surface area contributed by atoms with Crippen LogP contribution in [-0.4, -0.2) is 37.1 Å². The molecule has 0 unspecified atom stereocenters. The van der Waals surface area contributed by atoms with Gasteiger partial charge in [-0.05, 0) is 32.0 Å². The fourth-order valence-corrected chi connectivity index (χ4v) is 3.42. The number of carbonyl (C=O) groups is 2. The summed E-state index contributed by atoms with van der Waals surface area (Å²) in [5.41, 5.74) is 4.12. The van der Waals surface area contributed by atoms with Crippen molar-refractivity contribution in [2.75, 3.05) is 20.2 Å². The second-order valence-corrected chi connectivity index (χ2v) is 7.21. The fraction of sp³-hybridized carbons (Fsp3) is 0.304. The summed E-state index contributed by atoms with van der Waals surface area (Å²) in [6.45, 7) is 5.15. The zero-order valence-electron chi connectivity index (χ0n) is 17.1. The molecule has 0 aliphatic carbocycles. The second-order valence-electron chi connectivity index (χ2n) is 7.21. The Morgan fingerprint density at radius 3 is 2.41 bits per heavy atom. The van der Waals surface area contributed by atoms with Gasteiger partial charge in [0, 0.05) is 18.8 Å². The molecule has 0 saturated heterocycles. The minimum atomic E-state index is -0.552. The Labute approximate surface area is 171 Å². The Kier molecular flexibility index (Phi) is 6.67. The predicted octanol–water partition coefficient (Wildman–Crippen LogP) is 3.30. The first-order valence-corrected chi connectivity index (χ1v) is 9.74. The molecule has 6 nitrogen and oxygen atoms in total. The number of benzene rings is 2. The average Bonchev–Trinajstić information content (AvgIpc) is 2.69. The van der Waals surface area contributed by atoms with Crippen LogP contribution in [-0.2, 0) is 16.1 Å². The Morgan fingerprint density at radius 1 is 1.07 bits per heavy atom. The SMILES string of the molecule is CCOC(=O)C1=C(CN(C)Cc2ccccc2)NC(=O)N[C@@H]1c1ccc(C)cc1. The summed E-state index contributed by atoms with van der Waals surface area (Å²) in [5, 5.41) is 5.69. The zero-order valence-corrected chi connectivity index (χ0v) is 17.1. The van der Waals surface area contributed by atoms with E-state index in [1.165, 1.54) is 0 Å². The van der Waals surface area contributed by atoms with E-state index in [1.807, 2.05) is 68.6 Å². The van der Waals surface area contributed by atoms with E-state index in [0.29, 0.717) is 24.4 Å². The molecule has 1 aliphatic heterocycles. The Bertz CT molecular complexity index is 891. The van der Waals surface area contributed by atoms with Crippen LogP contribution in [0.15, 0.2) is 65.9 Å². The molecule has 29 heavy (non-hydrogen) atoms. The maximum absolute atomic E-state index is 12.8. The minimum absolute atomic E-state index is 0.268. The zero-order chi connectivity index (χ0) is 20.8. The van der Waals surface area contributed by atoms with Gasteiger partial charge in [-0.15, -0.1) is 0 Å². The maximum atomic E-state index is 12.8. The third-order valence-electron chi connectivity index (χ3n) is 4.78. The molecule has 1 aliphatic rings. The molecule has 0 bridgehead atoms. The highest BCUT2D eigenvalue weighted by Gasteiger charge is 2.33. The lowest BCUT2D eigenvalue weighted by molar-refractivity contribution is -0.139. The topological polar surface area (TPSA) is 70.7 Å². The molecule has 152 valence electrons. The summed E-state index contributed by atoms with van der Waals surface area (Å²) >= 11 is 0. The number of rotatable bonds is 7. The molecule has 0 fully saturated rings. The molecule has 6 heteroatoms. The lowest BCUT2D eigenvalue weighted by atomic mass is 9.94. The highest BCUT2D eigenvalue weighted by Crippen LogP contribution is 2.28. The van der Waals surface area contributed by atoms with Crippen molar-refractivity contribution in [3.05, 3.63) is 82.6 Å².